The highest BCUT2D eigenvalue weighted by Crippen LogP contribution is 2.78. The van der Waals surface area contributed by atoms with Gasteiger partial charge in [0.05, 0.1) is 11.0 Å². The van der Waals surface area contributed by atoms with E-state index in [9.17, 15) is 19.5 Å². The number of ether oxygens (including phenoxy) is 4. The Labute approximate surface area is 143 Å². The molecule has 3 heterocycles. The van der Waals surface area contributed by atoms with Gasteiger partial charge in [0.2, 0.25) is 5.60 Å². The van der Waals surface area contributed by atoms with Crippen LogP contribution in [0, 0.1) is 17.3 Å². The summed E-state index contributed by atoms with van der Waals surface area (Å²) in [5.41, 5.74) is -4.81. The minimum Gasteiger partial charge on any atom is -0.458 e. The lowest BCUT2D eigenvalue weighted by molar-refractivity contribution is -0.238. The number of carbonyl (C=O) groups excluding carboxylic acids is 3. The minimum absolute atomic E-state index is 0.216. The summed E-state index contributed by atoms with van der Waals surface area (Å²) < 4.78 is 22.7. The normalized spacial score (nSPS) is 54.5. The van der Waals surface area contributed by atoms with E-state index in [1.165, 1.54) is 6.92 Å². The van der Waals surface area contributed by atoms with Crippen molar-refractivity contribution in [3.05, 3.63) is 0 Å². The molecule has 1 spiro atoms. The molecule has 3 saturated heterocycles. The van der Waals surface area contributed by atoms with Crippen molar-refractivity contribution < 1.29 is 38.4 Å². The number of fused-ring (bicyclic) bond motifs is 4. The monoisotopic (exact) mass is 352 g/mol. The molecule has 0 aromatic heterocycles. The molecule has 5 aliphatic rings. The molecule has 2 bridgehead atoms. The lowest BCUT2D eigenvalue weighted by Gasteiger charge is -2.54. The third-order valence-corrected chi connectivity index (χ3v) is 7.13. The molecule has 1 N–H and O–H groups in total. The number of rotatable bonds is 2. The molecule has 25 heavy (non-hydrogen) atoms. The van der Waals surface area contributed by atoms with Crippen molar-refractivity contribution in [1.29, 1.82) is 0 Å². The van der Waals surface area contributed by atoms with Crippen LogP contribution in [0.15, 0.2) is 0 Å². The highest BCUT2D eigenvalue weighted by molar-refractivity contribution is 5.92. The molecule has 0 amide bonds. The van der Waals surface area contributed by atoms with Gasteiger partial charge in [-0.1, -0.05) is 0 Å². The fourth-order valence-electron chi connectivity index (χ4n) is 6.27. The van der Waals surface area contributed by atoms with Crippen LogP contribution in [0.2, 0.25) is 0 Å². The molecule has 0 unspecified atom stereocenters. The Morgan fingerprint density at radius 3 is 2.60 bits per heavy atom. The summed E-state index contributed by atoms with van der Waals surface area (Å²) in [5.74, 6) is -3.11. The molecule has 8 nitrogen and oxygen atoms in total. The Bertz CT molecular complexity index is 739. The predicted molar refractivity (Wildman–Crippen MR) is 77.9 cm³/mol. The van der Waals surface area contributed by atoms with Crippen molar-refractivity contribution in [3.8, 4) is 0 Å². The van der Waals surface area contributed by atoms with Crippen LogP contribution < -0.4 is 0 Å². The summed E-state index contributed by atoms with van der Waals surface area (Å²) >= 11 is 0. The predicted octanol–water partition coefficient (Wildman–Crippen LogP) is -0.296. The molecule has 136 valence electrons. The van der Waals surface area contributed by atoms with E-state index < -0.39 is 70.3 Å². The second kappa shape index (κ2) is 3.86. The topological polar surface area (TPSA) is 112 Å². The van der Waals surface area contributed by atoms with Crippen LogP contribution >= 0.6 is 0 Å². The first kappa shape index (κ1) is 15.6. The minimum atomic E-state index is -1.30. The summed E-state index contributed by atoms with van der Waals surface area (Å²) in [5, 5.41) is 10.7. The molecule has 0 aromatic rings. The van der Waals surface area contributed by atoms with Gasteiger partial charge in [0, 0.05) is 19.3 Å². The smallest absolute Gasteiger partial charge is 0.342 e. The van der Waals surface area contributed by atoms with Gasteiger partial charge in [0.25, 0.3) is 0 Å². The van der Waals surface area contributed by atoms with E-state index in [1.54, 1.807) is 20.8 Å². The van der Waals surface area contributed by atoms with Crippen LogP contribution in [-0.2, 0) is 33.3 Å². The summed E-state index contributed by atoms with van der Waals surface area (Å²) in [4.78, 5) is 37.3. The summed E-state index contributed by atoms with van der Waals surface area (Å²) in [6.45, 7) is 6.22. The van der Waals surface area contributed by atoms with E-state index in [0.29, 0.717) is 0 Å². The molecular weight excluding hydrogens is 332 g/mol. The molecule has 8 heteroatoms. The van der Waals surface area contributed by atoms with Crippen LogP contribution in [0.4, 0.5) is 0 Å². The second-order valence-corrected chi connectivity index (χ2v) is 8.62. The Hall–Kier alpha value is -1.67. The first-order valence-electron chi connectivity index (χ1n) is 8.52. The number of epoxide rings is 1. The zero-order valence-corrected chi connectivity index (χ0v) is 14.4. The fraction of sp³-hybridized carbons (Fsp3) is 0.824. The van der Waals surface area contributed by atoms with Gasteiger partial charge in [-0.25, -0.2) is 4.79 Å². The van der Waals surface area contributed by atoms with Gasteiger partial charge in [0.15, 0.2) is 6.10 Å². The average molecular weight is 352 g/mol. The first-order chi connectivity index (χ1) is 11.5. The third kappa shape index (κ3) is 1.33. The lowest BCUT2D eigenvalue weighted by Crippen LogP contribution is -2.70. The van der Waals surface area contributed by atoms with E-state index in [0.717, 1.165) is 0 Å². The quantitative estimate of drug-likeness (QED) is 0.410. The van der Waals surface area contributed by atoms with Gasteiger partial charge in [-0.15, -0.1) is 0 Å². The van der Waals surface area contributed by atoms with Gasteiger partial charge in [-0.05, 0) is 20.8 Å². The highest BCUT2D eigenvalue weighted by atomic mass is 16.7. The van der Waals surface area contributed by atoms with Crippen LogP contribution in [0.1, 0.15) is 34.1 Å². The van der Waals surface area contributed by atoms with E-state index in [4.69, 9.17) is 18.9 Å². The van der Waals surface area contributed by atoms with Crippen molar-refractivity contribution >= 4 is 17.9 Å². The standard InChI is InChI=1S/C17H20O8/c1-6(18)24-16-5-7-17(25-7)13(20)23-11(15(16,17)4)10-8(14(2,3)21)9(16)12(19)22-10/h7-11,21H,5H2,1-4H3/t7-,8+,9-,10-,11-,15-,16-,17+/m1/s1. The number of hydrogen-bond acceptors (Lipinski definition) is 8. The van der Waals surface area contributed by atoms with E-state index in [2.05, 4.69) is 0 Å². The zero-order valence-electron chi connectivity index (χ0n) is 14.4. The average Bonchev–Trinajstić information content (AvgIpc) is 2.93. The third-order valence-electron chi connectivity index (χ3n) is 7.13. The number of aliphatic hydroxyl groups is 1. The summed E-state index contributed by atoms with van der Waals surface area (Å²) in [6, 6.07) is 0. The Morgan fingerprint density at radius 2 is 2.00 bits per heavy atom. The SMILES string of the molecule is CC(=O)O[C@]12C[C@H]3O[C@]34C(=O)O[C@H]([C@@H]3OC(=O)[C@H]1[C@@H]3C(C)(C)O)[C@@]42C. The van der Waals surface area contributed by atoms with Crippen molar-refractivity contribution in [1.82, 2.24) is 0 Å². The van der Waals surface area contributed by atoms with Crippen LogP contribution in [0.3, 0.4) is 0 Å². The van der Waals surface area contributed by atoms with E-state index >= 15 is 0 Å². The Balaban J connectivity index is 1.78. The number of hydrogen-bond donors (Lipinski definition) is 1. The molecule has 0 radical (unpaired) electrons. The number of carbonyl (C=O) groups is 3. The van der Waals surface area contributed by atoms with Gasteiger partial charge < -0.3 is 24.1 Å². The van der Waals surface area contributed by atoms with Crippen molar-refractivity contribution in [2.45, 2.75) is 69.2 Å². The molecular formula is C17H20O8. The molecule has 8 atom stereocenters. The Kier molecular flexibility index (Phi) is 2.40. The van der Waals surface area contributed by atoms with E-state index in [1.807, 2.05) is 0 Å². The molecule has 5 fully saturated rings. The fourth-order valence-corrected chi connectivity index (χ4v) is 6.27. The highest BCUT2D eigenvalue weighted by Gasteiger charge is 2.97. The van der Waals surface area contributed by atoms with Crippen molar-refractivity contribution in [2.24, 2.45) is 17.3 Å². The van der Waals surface area contributed by atoms with Crippen LogP contribution in [0.5, 0.6) is 0 Å². The van der Waals surface area contributed by atoms with Gasteiger partial charge >= 0.3 is 17.9 Å². The van der Waals surface area contributed by atoms with E-state index in [-0.39, 0.29) is 6.42 Å². The molecule has 3 aliphatic heterocycles. The van der Waals surface area contributed by atoms with Gasteiger partial charge in [-0.3, -0.25) is 9.59 Å². The van der Waals surface area contributed by atoms with Crippen LogP contribution in [0.25, 0.3) is 0 Å². The maximum Gasteiger partial charge on any atom is 0.342 e. The Morgan fingerprint density at radius 1 is 1.32 bits per heavy atom. The first-order valence-corrected chi connectivity index (χ1v) is 8.52. The molecule has 2 saturated carbocycles. The summed E-state index contributed by atoms with van der Waals surface area (Å²) in [7, 11) is 0. The van der Waals surface area contributed by atoms with Crippen molar-refractivity contribution in [3.63, 3.8) is 0 Å². The lowest BCUT2D eigenvalue weighted by atomic mass is 9.52. The van der Waals surface area contributed by atoms with Crippen LogP contribution in [-0.4, -0.2) is 58.1 Å². The van der Waals surface area contributed by atoms with Gasteiger partial charge in [0.1, 0.15) is 23.7 Å². The molecule has 0 aromatic carbocycles. The van der Waals surface area contributed by atoms with Gasteiger partial charge in [-0.2, -0.15) is 0 Å². The second-order valence-electron chi connectivity index (χ2n) is 8.62. The largest absolute Gasteiger partial charge is 0.458 e. The number of esters is 3. The molecule has 2 aliphatic carbocycles. The zero-order chi connectivity index (χ0) is 18.2. The summed E-state index contributed by atoms with van der Waals surface area (Å²) in [6.07, 6.45) is -1.86. The van der Waals surface area contributed by atoms with Crippen molar-refractivity contribution in [2.75, 3.05) is 0 Å². The maximum atomic E-state index is 12.8. The molecule has 5 rings (SSSR count). The maximum absolute atomic E-state index is 12.8.